The number of nitrogens with zero attached hydrogens (tertiary/aromatic N) is 1. The minimum Gasteiger partial charge on any atom is -0.491 e. The van der Waals surface area contributed by atoms with Gasteiger partial charge in [-0.15, -0.1) is 0 Å². The summed E-state index contributed by atoms with van der Waals surface area (Å²) in [5.74, 6) is 1.40. The number of aliphatic hydroxyl groups excluding tert-OH is 1. The molecule has 0 saturated carbocycles. The van der Waals surface area contributed by atoms with Gasteiger partial charge >= 0.3 is 5.69 Å². The predicted molar refractivity (Wildman–Crippen MR) is 118 cm³/mol. The second-order valence-corrected chi connectivity index (χ2v) is 7.94. The van der Waals surface area contributed by atoms with E-state index in [1.165, 1.54) is 10.8 Å². The molecule has 32 heavy (non-hydrogen) atoms. The van der Waals surface area contributed by atoms with Crippen LogP contribution >= 0.6 is 0 Å². The molecule has 168 valence electrons. The Hall–Kier alpha value is -3.36. The van der Waals surface area contributed by atoms with E-state index in [9.17, 15) is 14.7 Å². The second-order valence-electron chi connectivity index (χ2n) is 7.94. The van der Waals surface area contributed by atoms with Crippen LogP contribution in [0.5, 0.6) is 11.5 Å². The number of aromatic nitrogens is 2. The Morgan fingerprint density at radius 1 is 1.03 bits per heavy atom. The summed E-state index contributed by atoms with van der Waals surface area (Å²) in [6.07, 6.45) is 0.181. The number of aliphatic hydroxyl groups is 1. The van der Waals surface area contributed by atoms with Gasteiger partial charge in [0, 0.05) is 12.6 Å². The summed E-state index contributed by atoms with van der Waals surface area (Å²) >= 11 is 0. The Kier molecular flexibility index (Phi) is 6.43. The van der Waals surface area contributed by atoms with Crippen LogP contribution in [0.1, 0.15) is 29.3 Å². The Labute approximate surface area is 185 Å². The molecule has 1 aliphatic rings. The third-order valence-corrected chi connectivity index (χ3v) is 5.45. The fourth-order valence-electron chi connectivity index (χ4n) is 3.60. The van der Waals surface area contributed by atoms with Crippen molar-refractivity contribution in [1.82, 2.24) is 9.55 Å². The molecule has 8 nitrogen and oxygen atoms in total. The number of H-pyrrole nitrogens is 1. The normalized spacial score (nSPS) is 20.3. The van der Waals surface area contributed by atoms with Crippen molar-refractivity contribution in [3.8, 4) is 11.5 Å². The smallest absolute Gasteiger partial charge is 0.330 e. The van der Waals surface area contributed by atoms with Gasteiger partial charge in [-0.1, -0.05) is 35.4 Å². The molecule has 2 aromatic carbocycles. The largest absolute Gasteiger partial charge is 0.491 e. The Bertz CT molecular complexity index is 1170. The van der Waals surface area contributed by atoms with Crippen molar-refractivity contribution in [3.63, 3.8) is 0 Å². The van der Waals surface area contributed by atoms with E-state index in [4.69, 9.17) is 14.2 Å². The zero-order valence-electron chi connectivity index (χ0n) is 18.0. The van der Waals surface area contributed by atoms with E-state index in [1.807, 2.05) is 62.4 Å². The first kappa shape index (κ1) is 21.9. The summed E-state index contributed by atoms with van der Waals surface area (Å²) in [6, 6.07) is 15.4. The molecule has 3 aromatic rings. The minimum atomic E-state index is -0.674. The highest BCUT2D eigenvalue weighted by atomic mass is 16.6. The first-order chi connectivity index (χ1) is 15.4. The standard InChI is InChI=1S/C24H26N2O6/c1-15-3-7-18(8-4-15)30-14-21-20(31-19-9-5-16(2)6-10-19)11-22(32-21)26-12-17(13-27)23(28)25-24(26)29/h3-10,12,20-22,27H,11,13-14H2,1-2H3,(H,25,28,29)/t20?,21-,22-/m0/s1. The number of hydrogen-bond donors (Lipinski definition) is 2. The average Bonchev–Trinajstić information content (AvgIpc) is 3.17. The summed E-state index contributed by atoms with van der Waals surface area (Å²) in [5.41, 5.74) is 1.12. The number of rotatable bonds is 7. The van der Waals surface area contributed by atoms with Gasteiger partial charge in [-0.3, -0.25) is 14.3 Å². The second kappa shape index (κ2) is 9.42. The predicted octanol–water partition coefficient (Wildman–Crippen LogP) is 2.46. The molecule has 0 radical (unpaired) electrons. The third kappa shape index (κ3) is 4.92. The summed E-state index contributed by atoms with van der Waals surface area (Å²) < 4.78 is 19.5. The monoisotopic (exact) mass is 438 g/mol. The summed E-state index contributed by atoms with van der Waals surface area (Å²) in [7, 11) is 0. The number of benzene rings is 2. The Morgan fingerprint density at radius 3 is 2.28 bits per heavy atom. The minimum absolute atomic E-state index is 0.0866. The molecule has 0 spiro atoms. The van der Waals surface area contributed by atoms with E-state index in [0.717, 1.165) is 11.1 Å². The molecule has 1 unspecified atom stereocenters. The fourth-order valence-corrected chi connectivity index (χ4v) is 3.60. The molecule has 1 aliphatic heterocycles. The molecular formula is C24H26N2O6. The van der Waals surface area contributed by atoms with Crippen LogP contribution in [0, 0.1) is 13.8 Å². The van der Waals surface area contributed by atoms with E-state index >= 15 is 0 Å². The van der Waals surface area contributed by atoms with Crippen molar-refractivity contribution in [2.45, 2.75) is 45.3 Å². The van der Waals surface area contributed by atoms with Crippen molar-refractivity contribution >= 4 is 0 Å². The summed E-state index contributed by atoms with van der Waals surface area (Å²) in [5, 5.41) is 9.41. The van der Waals surface area contributed by atoms with E-state index in [1.54, 1.807) is 0 Å². The lowest BCUT2D eigenvalue weighted by Gasteiger charge is -2.20. The van der Waals surface area contributed by atoms with Crippen molar-refractivity contribution in [2.75, 3.05) is 6.61 Å². The molecule has 0 bridgehead atoms. The van der Waals surface area contributed by atoms with Gasteiger partial charge in [-0.2, -0.15) is 0 Å². The van der Waals surface area contributed by atoms with Crippen LogP contribution in [0.4, 0.5) is 0 Å². The first-order valence-corrected chi connectivity index (χ1v) is 10.5. The van der Waals surface area contributed by atoms with Gasteiger partial charge in [0.2, 0.25) is 0 Å². The lowest BCUT2D eigenvalue weighted by Crippen LogP contribution is -2.34. The highest BCUT2D eigenvalue weighted by Crippen LogP contribution is 2.32. The molecular weight excluding hydrogens is 412 g/mol. The Balaban J connectivity index is 1.56. The molecule has 4 rings (SSSR count). The molecule has 1 aromatic heterocycles. The van der Waals surface area contributed by atoms with Crippen LogP contribution in [-0.4, -0.2) is 33.5 Å². The molecule has 0 amide bonds. The highest BCUT2D eigenvalue weighted by molar-refractivity contribution is 5.27. The van der Waals surface area contributed by atoms with Crippen molar-refractivity contribution < 1.29 is 19.3 Å². The van der Waals surface area contributed by atoms with Gasteiger partial charge in [0.05, 0.1) is 12.2 Å². The van der Waals surface area contributed by atoms with E-state index in [2.05, 4.69) is 4.98 Å². The van der Waals surface area contributed by atoms with Crippen LogP contribution in [0.2, 0.25) is 0 Å². The van der Waals surface area contributed by atoms with Gasteiger partial charge in [-0.05, 0) is 38.1 Å². The van der Waals surface area contributed by atoms with Gasteiger partial charge in [0.1, 0.15) is 36.5 Å². The molecule has 2 heterocycles. The van der Waals surface area contributed by atoms with Crippen molar-refractivity contribution in [3.05, 3.63) is 92.3 Å². The highest BCUT2D eigenvalue weighted by Gasteiger charge is 2.39. The summed E-state index contributed by atoms with van der Waals surface area (Å²) in [6.45, 7) is 3.74. The van der Waals surface area contributed by atoms with Crippen LogP contribution in [0.3, 0.4) is 0 Å². The zero-order valence-corrected chi connectivity index (χ0v) is 18.0. The van der Waals surface area contributed by atoms with E-state index in [-0.39, 0.29) is 18.3 Å². The SMILES string of the molecule is Cc1ccc(OC[C@@H]2O[C@H](n3cc(CO)c(=O)[nH]c3=O)CC2Oc2ccc(C)cc2)cc1. The van der Waals surface area contributed by atoms with Gasteiger partial charge in [0.25, 0.3) is 5.56 Å². The Morgan fingerprint density at radius 2 is 1.66 bits per heavy atom. The first-order valence-electron chi connectivity index (χ1n) is 10.5. The van der Waals surface area contributed by atoms with Gasteiger partial charge in [-0.25, -0.2) is 4.79 Å². The molecule has 0 aliphatic carbocycles. The van der Waals surface area contributed by atoms with Crippen molar-refractivity contribution in [2.24, 2.45) is 0 Å². The van der Waals surface area contributed by atoms with Gasteiger partial charge < -0.3 is 19.3 Å². The summed E-state index contributed by atoms with van der Waals surface area (Å²) in [4.78, 5) is 26.4. The zero-order chi connectivity index (χ0) is 22.7. The fraction of sp³-hybridized carbons (Fsp3) is 0.333. The molecule has 1 saturated heterocycles. The van der Waals surface area contributed by atoms with E-state index in [0.29, 0.717) is 17.9 Å². The molecule has 2 N–H and O–H groups in total. The van der Waals surface area contributed by atoms with E-state index < -0.39 is 30.2 Å². The molecule has 3 atom stereocenters. The number of aromatic amines is 1. The number of ether oxygens (including phenoxy) is 3. The molecule has 8 heteroatoms. The molecule has 1 fully saturated rings. The maximum atomic E-state index is 12.4. The number of hydrogen-bond acceptors (Lipinski definition) is 6. The lowest BCUT2D eigenvalue weighted by molar-refractivity contribution is -0.0373. The van der Waals surface area contributed by atoms with Gasteiger partial charge in [0.15, 0.2) is 0 Å². The topological polar surface area (TPSA) is 103 Å². The maximum Gasteiger partial charge on any atom is 0.330 e. The third-order valence-electron chi connectivity index (χ3n) is 5.45. The number of nitrogens with one attached hydrogen (secondary N) is 1. The van der Waals surface area contributed by atoms with Crippen LogP contribution in [0.25, 0.3) is 0 Å². The quantitative estimate of drug-likeness (QED) is 0.588. The van der Waals surface area contributed by atoms with Crippen LogP contribution in [0.15, 0.2) is 64.3 Å². The average molecular weight is 438 g/mol. The maximum absolute atomic E-state index is 12.4. The van der Waals surface area contributed by atoms with Crippen LogP contribution < -0.4 is 20.7 Å². The lowest BCUT2D eigenvalue weighted by atomic mass is 10.1. The van der Waals surface area contributed by atoms with Crippen LogP contribution in [-0.2, 0) is 11.3 Å². The van der Waals surface area contributed by atoms with Crippen molar-refractivity contribution in [1.29, 1.82) is 0 Å². The number of aryl methyl sites for hydroxylation is 2.